The van der Waals surface area contributed by atoms with Crippen LogP contribution in [0.25, 0.3) is 0 Å². The molecule has 5 nitrogen and oxygen atoms in total. The molecule has 0 fully saturated rings. The molecule has 0 aromatic heterocycles. The molecular weight excluding hydrogens is 464 g/mol. The van der Waals surface area contributed by atoms with Gasteiger partial charge in [0.05, 0.1) is 15.5 Å². The van der Waals surface area contributed by atoms with Gasteiger partial charge in [-0.3, -0.25) is 9.52 Å². The number of carbonyl (C=O) groups excluding carboxylic acids is 1. The molecule has 3 aromatic carbocycles. The third kappa shape index (κ3) is 4.73. The van der Waals surface area contributed by atoms with Crippen molar-refractivity contribution in [2.45, 2.75) is 11.8 Å². The lowest BCUT2D eigenvalue weighted by Crippen LogP contribution is -2.16. The number of aryl methyl sites for hydroxylation is 1. The summed E-state index contributed by atoms with van der Waals surface area (Å²) in [5.74, 6) is -0.486. The topological polar surface area (TPSA) is 75.3 Å². The molecule has 0 aliphatic carbocycles. The van der Waals surface area contributed by atoms with Gasteiger partial charge in [-0.1, -0.05) is 45.7 Å². The molecule has 28 heavy (non-hydrogen) atoms. The number of amides is 1. The minimum absolute atomic E-state index is 0.0604. The molecule has 0 spiro atoms. The van der Waals surface area contributed by atoms with E-state index in [4.69, 9.17) is 11.6 Å². The van der Waals surface area contributed by atoms with E-state index in [1.807, 2.05) is 19.1 Å². The van der Waals surface area contributed by atoms with Crippen LogP contribution < -0.4 is 10.0 Å². The molecule has 0 aliphatic rings. The van der Waals surface area contributed by atoms with Crippen LogP contribution in [0.1, 0.15) is 15.9 Å². The molecule has 8 heteroatoms. The molecular formula is C20H16BrClN2O3S. The molecule has 0 saturated carbocycles. The molecule has 0 radical (unpaired) electrons. The van der Waals surface area contributed by atoms with Gasteiger partial charge in [0.1, 0.15) is 0 Å². The fourth-order valence-corrected chi connectivity index (χ4v) is 4.03. The summed E-state index contributed by atoms with van der Waals surface area (Å²) in [6.45, 7) is 1.86. The summed E-state index contributed by atoms with van der Waals surface area (Å²) >= 11 is 9.44. The zero-order valence-corrected chi connectivity index (χ0v) is 17.9. The summed E-state index contributed by atoms with van der Waals surface area (Å²) < 4.78 is 28.7. The Bertz CT molecular complexity index is 1130. The summed E-state index contributed by atoms with van der Waals surface area (Å²) in [6.07, 6.45) is 0. The number of halogens is 2. The number of carbonyl (C=O) groups is 1. The first-order valence-corrected chi connectivity index (χ1v) is 10.9. The van der Waals surface area contributed by atoms with E-state index in [1.165, 1.54) is 18.2 Å². The van der Waals surface area contributed by atoms with Crippen molar-refractivity contribution in [3.63, 3.8) is 0 Å². The average Bonchev–Trinajstić information content (AvgIpc) is 2.65. The maximum atomic E-state index is 12.7. The predicted molar refractivity (Wildman–Crippen MR) is 116 cm³/mol. The highest BCUT2D eigenvalue weighted by Crippen LogP contribution is 2.25. The van der Waals surface area contributed by atoms with E-state index in [1.54, 1.807) is 36.4 Å². The molecule has 0 heterocycles. The van der Waals surface area contributed by atoms with E-state index in [-0.39, 0.29) is 15.5 Å². The predicted octanol–water partition coefficient (Wildman–Crippen LogP) is 5.46. The van der Waals surface area contributed by atoms with Crippen molar-refractivity contribution in [3.8, 4) is 0 Å². The highest BCUT2D eigenvalue weighted by molar-refractivity contribution is 9.10. The monoisotopic (exact) mass is 478 g/mol. The summed E-state index contributed by atoms with van der Waals surface area (Å²) in [5, 5.41) is 2.92. The summed E-state index contributed by atoms with van der Waals surface area (Å²) in [7, 11) is -3.88. The van der Waals surface area contributed by atoms with Gasteiger partial charge in [-0.15, -0.1) is 0 Å². The molecule has 1 amide bonds. The Labute approximate surface area is 176 Å². The molecule has 3 aromatic rings. The number of sulfonamides is 1. The van der Waals surface area contributed by atoms with Crippen LogP contribution in [-0.4, -0.2) is 14.3 Å². The smallest absolute Gasteiger partial charge is 0.261 e. The Morgan fingerprint density at radius 2 is 1.68 bits per heavy atom. The maximum absolute atomic E-state index is 12.7. The van der Waals surface area contributed by atoms with Crippen molar-refractivity contribution in [2.24, 2.45) is 0 Å². The van der Waals surface area contributed by atoms with Crippen molar-refractivity contribution in [2.75, 3.05) is 10.0 Å². The largest absolute Gasteiger partial charge is 0.322 e. The summed E-state index contributed by atoms with van der Waals surface area (Å²) in [5.41, 5.74) is 1.99. The van der Waals surface area contributed by atoms with E-state index in [0.29, 0.717) is 11.4 Å². The van der Waals surface area contributed by atoms with Crippen LogP contribution in [-0.2, 0) is 10.0 Å². The van der Waals surface area contributed by atoms with Crippen LogP contribution in [0.2, 0.25) is 5.02 Å². The van der Waals surface area contributed by atoms with Gasteiger partial charge in [-0.05, 0) is 61.0 Å². The van der Waals surface area contributed by atoms with Gasteiger partial charge >= 0.3 is 0 Å². The van der Waals surface area contributed by atoms with Gasteiger partial charge in [0.15, 0.2) is 0 Å². The van der Waals surface area contributed by atoms with Crippen LogP contribution in [0.4, 0.5) is 11.4 Å². The standard InChI is InChI=1S/C20H16BrClN2O3S/c1-13-4-2-3-5-19(13)23-20(25)17-12-16(10-11-18(17)22)28(26,27)24-15-8-6-14(21)7-9-15/h2-12,24H,1H3,(H,23,25). The van der Waals surface area contributed by atoms with Crippen molar-refractivity contribution in [1.29, 1.82) is 0 Å². The number of benzene rings is 3. The number of para-hydroxylation sites is 1. The first-order valence-electron chi connectivity index (χ1n) is 8.21. The Morgan fingerprint density at radius 1 is 1.00 bits per heavy atom. The summed E-state index contributed by atoms with van der Waals surface area (Å²) in [4.78, 5) is 12.6. The zero-order chi connectivity index (χ0) is 20.3. The van der Waals surface area contributed by atoms with Crippen molar-refractivity contribution in [1.82, 2.24) is 0 Å². The zero-order valence-electron chi connectivity index (χ0n) is 14.7. The van der Waals surface area contributed by atoms with Crippen LogP contribution >= 0.6 is 27.5 Å². The molecule has 0 bridgehead atoms. The first-order chi connectivity index (χ1) is 13.3. The van der Waals surface area contributed by atoms with Crippen molar-refractivity contribution < 1.29 is 13.2 Å². The molecule has 144 valence electrons. The lowest BCUT2D eigenvalue weighted by atomic mass is 10.1. The van der Waals surface area contributed by atoms with Crippen LogP contribution in [0.5, 0.6) is 0 Å². The third-order valence-electron chi connectivity index (χ3n) is 3.98. The average molecular weight is 480 g/mol. The highest BCUT2D eigenvalue weighted by atomic mass is 79.9. The number of hydrogen-bond acceptors (Lipinski definition) is 3. The van der Waals surface area contributed by atoms with Crippen molar-refractivity contribution >= 4 is 54.8 Å². The molecule has 3 rings (SSSR count). The molecule has 0 saturated heterocycles. The quantitative estimate of drug-likeness (QED) is 0.510. The summed E-state index contributed by atoms with van der Waals surface area (Å²) in [6, 6.07) is 18.0. The lowest BCUT2D eigenvalue weighted by molar-refractivity contribution is 0.102. The Balaban J connectivity index is 1.89. The van der Waals surface area contributed by atoms with E-state index in [0.717, 1.165) is 10.0 Å². The van der Waals surface area contributed by atoms with Gasteiger partial charge in [-0.2, -0.15) is 0 Å². The van der Waals surface area contributed by atoms with E-state index >= 15 is 0 Å². The number of anilines is 2. The van der Waals surface area contributed by atoms with Gasteiger partial charge in [0, 0.05) is 15.8 Å². The van der Waals surface area contributed by atoms with Crippen LogP contribution in [0, 0.1) is 6.92 Å². The van der Waals surface area contributed by atoms with Crippen molar-refractivity contribution in [3.05, 3.63) is 87.4 Å². The van der Waals surface area contributed by atoms with Gasteiger partial charge < -0.3 is 5.32 Å². The molecule has 2 N–H and O–H groups in total. The Hall–Kier alpha value is -2.35. The number of nitrogens with one attached hydrogen (secondary N) is 2. The normalized spacial score (nSPS) is 11.1. The third-order valence-corrected chi connectivity index (χ3v) is 6.22. The number of rotatable bonds is 5. The second kappa shape index (κ2) is 8.34. The van der Waals surface area contributed by atoms with E-state index < -0.39 is 15.9 Å². The minimum Gasteiger partial charge on any atom is -0.322 e. The van der Waals surface area contributed by atoms with E-state index in [2.05, 4.69) is 26.0 Å². The second-order valence-electron chi connectivity index (χ2n) is 6.02. The first kappa shape index (κ1) is 20.4. The fraction of sp³-hybridized carbons (Fsp3) is 0.0500. The van der Waals surface area contributed by atoms with Gasteiger partial charge in [-0.25, -0.2) is 8.42 Å². The second-order valence-corrected chi connectivity index (χ2v) is 9.03. The highest BCUT2D eigenvalue weighted by Gasteiger charge is 2.19. The maximum Gasteiger partial charge on any atom is 0.261 e. The lowest BCUT2D eigenvalue weighted by Gasteiger charge is -2.12. The Kier molecular flexibility index (Phi) is 6.07. The van der Waals surface area contributed by atoms with Crippen LogP contribution in [0.15, 0.2) is 76.1 Å². The van der Waals surface area contributed by atoms with E-state index in [9.17, 15) is 13.2 Å². The Morgan fingerprint density at radius 3 is 2.36 bits per heavy atom. The fourth-order valence-electron chi connectivity index (χ4n) is 2.48. The minimum atomic E-state index is -3.88. The SMILES string of the molecule is Cc1ccccc1NC(=O)c1cc(S(=O)(=O)Nc2ccc(Br)cc2)ccc1Cl. The van der Waals surface area contributed by atoms with Gasteiger partial charge in [0.25, 0.3) is 15.9 Å². The van der Waals surface area contributed by atoms with Gasteiger partial charge in [0.2, 0.25) is 0 Å². The molecule has 0 aliphatic heterocycles. The molecule has 0 unspecified atom stereocenters. The molecule has 0 atom stereocenters. The number of hydrogen-bond donors (Lipinski definition) is 2. The van der Waals surface area contributed by atoms with Crippen LogP contribution in [0.3, 0.4) is 0 Å².